The van der Waals surface area contributed by atoms with Crippen molar-refractivity contribution in [2.24, 2.45) is 11.5 Å². The van der Waals surface area contributed by atoms with Gasteiger partial charge in [0.05, 0.1) is 18.8 Å². The predicted molar refractivity (Wildman–Crippen MR) is 175 cm³/mol. The Morgan fingerprint density at radius 1 is 0.500 bits per heavy atom. The number of hydrogen-bond donors (Lipinski definition) is 5. The first-order valence-electron chi connectivity index (χ1n) is 17.8. The van der Waals surface area contributed by atoms with Gasteiger partial charge in [-0.3, -0.25) is 0 Å². The standard InChI is InChI=1S/C35H74N2O3/c1-4-6-7-8-9-10-11-14-17-20-23-26-29-34(3,36)32(39)28-25-22-19-16-13-12-15-18-21-24-27-30-35(37,5-2)33(40)31-38/h32-33,38-40H,4-31,36-37H2,1-3H3. The quantitative estimate of drug-likeness (QED) is 0.0535. The van der Waals surface area contributed by atoms with Crippen LogP contribution in [-0.2, 0) is 0 Å². The highest BCUT2D eigenvalue weighted by molar-refractivity contribution is 4.90. The van der Waals surface area contributed by atoms with Crippen LogP contribution in [0.3, 0.4) is 0 Å². The first-order valence-corrected chi connectivity index (χ1v) is 17.8. The van der Waals surface area contributed by atoms with Crippen LogP contribution in [0.5, 0.6) is 0 Å². The molecular weight excluding hydrogens is 496 g/mol. The molecule has 0 rings (SSSR count). The van der Waals surface area contributed by atoms with Crippen LogP contribution in [0.1, 0.15) is 194 Å². The van der Waals surface area contributed by atoms with Crippen molar-refractivity contribution in [2.75, 3.05) is 6.61 Å². The Bertz CT molecular complexity index is 531. The summed E-state index contributed by atoms with van der Waals surface area (Å²) in [6, 6.07) is 0. The molecule has 0 spiro atoms. The van der Waals surface area contributed by atoms with Crippen molar-refractivity contribution in [1.82, 2.24) is 0 Å². The summed E-state index contributed by atoms with van der Waals surface area (Å²) in [5.41, 5.74) is 11.7. The van der Waals surface area contributed by atoms with Crippen molar-refractivity contribution in [3.63, 3.8) is 0 Å². The number of unbranched alkanes of at least 4 members (excludes halogenated alkanes) is 21. The van der Waals surface area contributed by atoms with Crippen molar-refractivity contribution in [2.45, 2.75) is 217 Å². The molecule has 4 atom stereocenters. The molecule has 0 aromatic rings. The summed E-state index contributed by atoms with van der Waals surface area (Å²) in [6.07, 6.45) is 31.7. The van der Waals surface area contributed by atoms with Crippen molar-refractivity contribution in [3.05, 3.63) is 0 Å². The molecule has 0 saturated heterocycles. The molecule has 5 heteroatoms. The maximum absolute atomic E-state index is 10.7. The van der Waals surface area contributed by atoms with E-state index in [2.05, 4.69) is 6.92 Å². The highest BCUT2D eigenvalue weighted by Crippen LogP contribution is 2.23. The molecule has 242 valence electrons. The SMILES string of the molecule is CCCCCCCCCCCCCCC(C)(N)C(O)CCCCCCCCCCCCCC(N)(CC)C(O)CO. The predicted octanol–water partition coefficient (Wildman–Crippen LogP) is 8.69. The molecule has 4 unspecified atom stereocenters. The normalized spacial score (nSPS) is 16.5. The fourth-order valence-electron chi connectivity index (χ4n) is 5.99. The van der Waals surface area contributed by atoms with Crippen LogP contribution < -0.4 is 11.5 Å². The molecule has 0 aliphatic rings. The Morgan fingerprint density at radius 3 is 1.23 bits per heavy atom. The van der Waals surface area contributed by atoms with E-state index in [1.807, 2.05) is 13.8 Å². The first kappa shape index (κ1) is 39.8. The monoisotopic (exact) mass is 571 g/mol. The average Bonchev–Trinajstić information content (AvgIpc) is 2.95. The fraction of sp³-hybridized carbons (Fsp3) is 1.00. The molecule has 5 nitrogen and oxygen atoms in total. The summed E-state index contributed by atoms with van der Waals surface area (Å²) in [5, 5.41) is 29.8. The lowest BCUT2D eigenvalue weighted by atomic mass is 9.85. The van der Waals surface area contributed by atoms with Gasteiger partial charge in [-0.15, -0.1) is 0 Å². The zero-order chi connectivity index (χ0) is 30.0. The Kier molecular flexibility index (Phi) is 26.3. The van der Waals surface area contributed by atoms with E-state index in [4.69, 9.17) is 11.5 Å². The van der Waals surface area contributed by atoms with Crippen molar-refractivity contribution < 1.29 is 15.3 Å². The van der Waals surface area contributed by atoms with E-state index in [1.54, 1.807) is 0 Å². The third-order valence-electron chi connectivity index (χ3n) is 9.44. The van der Waals surface area contributed by atoms with E-state index < -0.39 is 17.2 Å². The van der Waals surface area contributed by atoms with E-state index >= 15 is 0 Å². The van der Waals surface area contributed by atoms with Gasteiger partial charge >= 0.3 is 0 Å². The summed E-state index contributed by atoms with van der Waals surface area (Å²) in [5.74, 6) is 0. The number of hydrogen-bond acceptors (Lipinski definition) is 5. The van der Waals surface area contributed by atoms with E-state index in [9.17, 15) is 15.3 Å². The molecule has 0 aliphatic heterocycles. The molecule has 7 N–H and O–H groups in total. The Labute approximate surface area is 250 Å². The minimum atomic E-state index is -0.815. The smallest absolute Gasteiger partial charge is 0.0949 e. The maximum atomic E-state index is 10.7. The summed E-state index contributed by atoms with van der Waals surface area (Å²) in [4.78, 5) is 0. The molecule has 0 fully saturated rings. The van der Waals surface area contributed by atoms with E-state index in [0.717, 1.165) is 44.9 Å². The first-order chi connectivity index (χ1) is 19.2. The topological polar surface area (TPSA) is 113 Å². The lowest BCUT2D eigenvalue weighted by Crippen LogP contribution is -2.52. The molecule has 0 radical (unpaired) electrons. The van der Waals surface area contributed by atoms with Crippen LogP contribution in [0.2, 0.25) is 0 Å². The summed E-state index contributed by atoms with van der Waals surface area (Å²) in [7, 11) is 0. The van der Waals surface area contributed by atoms with Crippen LogP contribution in [0.4, 0.5) is 0 Å². The average molecular weight is 571 g/mol. The Balaban J connectivity index is 3.55. The van der Waals surface area contributed by atoms with Gasteiger partial charge in [0.2, 0.25) is 0 Å². The highest BCUT2D eigenvalue weighted by atomic mass is 16.3. The van der Waals surface area contributed by atoms with Crippen molar-refractivity contribution in [1.29, 1.82) is 0 Å². The fourth-order valence-corrected chi connectivity index (χ4v) is 5.99. The van der Waals surface area contributed by atoms with Crippen LogP contribution in [-0.4, -0.2) is 45.2 Å². The van der Waals surface area contributed by atoms with Crippen LogP contribution in [0.15, 0.2) is 0 Å². The third kappa shape index (κ3) is 21.5. The van der Waals surface area contributed by atoms with Crippen LogP contribution in [0, 0.1) is 0 Å². The van der Waals surface area contributed by atoms with Crippen LogP contribution >= 0.6 is 0 Å². The number of nitrogens with two attached hydrogens (primary N) is 2. The van der Waals surface area contributed by atoms with Crippen molar-refractivity contribution >= 4 is 0 Å². The molecule has 0 heterocycles. The molecule has 0 amide bonds. The second kappa shape index (κ2) is 26.4. The van der Waals surface area contributed by atoms with Gasteiger partial charge in [0, 0.05) is 11.1 Å². The summed E-state index contributed by atoms with van der Waals surface area (Å²) >= 11 is 0. The number of rotatable bonds is 31. The van der Waals surface area contributed by atoms with Gasteiger partial charge in [-0.1, -0.05) is 162 Å². The number of aliphatic hydroxyl groups excluding tert-OH is 3. The van der Waals surface area contributed by atoms with Gasteiger partial charge in [0.15, 0.2) is 0 Å². The minimum Gasteiger partial charge on any atom is -0.394 e. The zero-order valence-electron chi connectivity index (χ0n) is 27.5. The Morgan fingerprint density at radius 2 is 0.850 bits per heavy atom. The van der Waals surface area contributed by atoms with Gasteiger partial charge in [0.25, 0.3) is 0 Å². The van der Waals surface area contributed by atoms with E-state index in [1.165, 1.54) is 122 Å². The minimum absolute atomic E-state index is 0.253. The van der Waals surface area contributed by atoms with Gasteiger partial charge in [-0.2, -0.15) is 0 Å². The summed E-state index contributed by atoms with van der Waals surface area (Å²) < 4.78 is 0. The molecule has 0 aromatic heterocycles. The lowest BCUT2D eigenvalue weighted by molar-refractivity contribution is 0.0235. The second-order valence-corrected chi connectivity index (χ2v) is 13.4. The van der Waals surface area contributed by atoms with Gasteiger partial charge in [-0.25, -0.2) is 0 Å². The molecule has 0 saturated carbocycles. The molecular formula is C35H74N2O3. The molecule has 0 aliphatic carbocycles. The zero-order valence-corrected chi connectivity index (χ0v) is 27.5. The van der Waals surface area contributed by atoms with E-state index in [-0.39, 0.29) is 12.7 Å². The van der Waals surface area contributed by atoms with Crippen LogP contribution in [0.25, 0.3) is 0 Å². The van der Waals surface area contributed by atoms with Gasteiger partial charge < -0.3 is 26.8 Å². The van der Waals surface area contributed by atoms with Gasteiger partial charge in [-0.05, 0) is 32.6 Å². The lowest BCUT2D eigenvalue weighted by Gasteiger charge is -2.32. The number of aliphatic hydroxyl groups is 3. The van der Waals surface area contributed by atoms with Gasteiger partial charge in [0.1, 0.15) is 0 Å². The van der Waals surface area contributed by atoms with E-state index in [0.29, 0.717) is 6.42 Å². The molecule has 40 heavy (non-hydrogen) atoms. The third-order valence-corrected chi connectivity index (χ3v) is 9.44. The largest absolute Gasteiger partial charge is 0.394 e. The van der Waals surface area contributed by atoms with Crippen molar-refractivity contribution in [3.8, 4) is 0 Å². The molecule has 0 bridgehead atoms. The Hall–Kier alpha value is -0.200. The summed E-state index contributed by atoms with van der Waals surface area (Å²) in [6.45, 7) is 6.06. The molecule has 0 aromatic carbocycles. The maximum Gasteiger partial charge on any atom is 0.0949 e. The highest BCUT2D eigenvalue weighted by Gasteiger charge is 2.30. The second-order valence-electron chi connectivity index (χ2n) is 13.4.